The average Bonchev–Trinajstić information content (AvgIpc) is 2.64. The molecule has 0 saturated carbocycles. The molecule has 1 aromatic carbocycles. The molecular formula is C13H15BrN2O. The van der Waals surface area contributed by atoms with E-state index in [1.807, 2.05) is 42.9 Å². The number of nitrogens with zero attached hydrogens (tertiary/aromatic N) is 1. The summed E-state index contributed by atoms with van der Waals surface area (Å²) in [7, 11) is 1.94. The number of carbonyl (C=O) groups excluding carboxylic acids is 1. The summed E-state index contributed by atoms with van der Waals surface area (Å²) in [5.74, 6) is 0.0104. The van der Waals surface area contributed by atoms with Crippen molar-refractivity contribution in [2.75, 3.05) is 0 Å². The normalized spacial score (nSPS) is 12.9. The molecule has 1 heterocycles. The Labute approximate surface area is 109 Å². The van der Waals surface area contributed by atoms with Gasteiger partial charge in [0.15, 0.2) is 5.78 Å². The Morgan fingerprint density at radius 2 is 2.24 bits per heavy atom. The fourth-order valence-electron chi connectivity index (χ4n) is 1.95. The van der Waals surface area contributed by atoms with Crippen molar-refractivity contribution in [1.82, 2.24) is 4.57 Å². The zero-order valence-electron chi connectivity index (χ0n) is 9.90. The lowest BCUT2D eigenvalue weighted by Crippen LogP contribution is -2.29. The summed E-state index contributed by atoms with van der Waals surface area (Å²) >= 11 is 3.43. The lowest BCUT2D eigenvalue weighted by Gasteiger charge is -2.06. The Morgan fingerprint density at radius 3 is 2.88 bits per heavy atom. The van der Waals surface area contributed by atoms with Gasteiger partial charge in [-0.05, 0) is 24.6 Å². The second-order valence-electron chi connectivity index (χ2n) is 4.19. The number of halogens is 1. The van der Waals surface area contributed by atoms with Crippen LogP contribution in [0.25, 0.3) is 10.9 Å². The largest absolute Gasteiger partial charge is 0.350 e. The zero-order valence-corrected chi connectivity index (χ0v) is 11.5. The molecule has 4 heteroatoms. The number of benzene rings is 1. The predicted octanol–water partition coefficient (Wildman–Crippen LogP) is 2.86. The summed E-state index contributed by atoms with van der Waals surface area (Å²) in [5.41, 5.74) is 7.56. The summed E-state index contributed by atoms with van der Waals surface area (Å²) in [6.07, 6.45) is 2.51. The molecule has 1 aromatic heterocycles. The van der Waals surface area contributed by atoms with Gasteiger partial charge in [0.2, 0.25) is 0 Å². The van der Waals surface area contributed by atoms with Crippen molar-refractivity contribution >= 4 is 32.6 Å². The average molecular weight is 295 g/mol. The molecular weight excluding hydrogens is 280 g/mol. The minimum Gasteiger partial charge on any atom is -0.350 e. The van der Waals surface area contributed by atoms with Gasteiger partial charge < -0.3 is 10.3 Å². The maximum atomic E-state index is 12.2. The lowest BCUT2D eigenvalue weighted by atomic mass is 10.0. The number of nitrogens with two attached hydrogens (primary N) is 1. The molecule has 0 aliphatic heterocycles. The highest BCUT2D eigenvalue weighted by atomic mass is 79.9. The summed E-state index contributed by atoms with van der Waals surface area (Å²) in [6.45, 7) is 1.92. The van der Waals surface area contributed by atoms with Crippen molar-refractivity contribution in [3.8, 4) is 0 Å². The summed E-state index contributed by atoms with van der Waals surface area (Å²) in [4.78, 5) is 12.2. The molecule has 2 aromatic rings. The molecule has 0 bridgehead atoms. The van der Waals surface area contributed by atoms with Crippen LogP contribution >= 0.6 is 15.9 Å². The Balaban J connectivity index is 2.62. The molecule has 0 saturated heterocycles. The van der Waals surface area contributed by atoms with E-state index in [1.165, 1.54) is 0 Å². The van der Waals surface area contributed by atoms with Crippen LogP contribution in [-0.4, -0.2) is 16.4 Å². The molecule has 0 fully saturated rings. The van der Waals surface area contributed by atoms with E-state index in [0.29, 0.717) is 12.0 Å². The van der Waals surface area contributed by atoms with Gasteiger partial charge >= 0.3 is 0 Å². The maximum absolute atomic E-state index is 12.2. The first-order chi connectivity index (χ1) is 8.04. The van der Waals surface area contributed by atoms with Crippen LogP contribution in [0.3, 0.4) is 0 Å². The quantitative estimate of drug-likeness (QED) is 0.885. The first kappa shape index (κ1) is 12.3. The SMILES string of the molecule is CCC(N)C(=O)c1cn(C)c2ccc(Br)cc12. The van der Waals surface area contributed by atoms with Crippen molar-refractivity contribution < 1.29 is 4.79 Å². The van der Waals surface area contributed by atoms with E-state index in [0.717, 1.165) is 15.4 Å². The lowest BCUT2D eigenvalue weighted by molar-refractivity contribution is 0.0961. The van der Waals surface area contributed by atoms with E-state index in [4.69, 9.17) is 5.73 Å². The minimum absolute atomic E-state index is 0.0104. The third kappa shape index (κ3) is 2.15. The van der Waals surface area contributed by atoms with Crippen LogP contribution in [-0.2, 0) is 7.05 Å². The molecule has 2 N–H and O–H groups in total. The fourth-order valence-corrected chi connectivity index (χ4v) is 2.31. The zero-order chi connectivity index (χ0) is 12.6. The molecule has 0 spiro atoms. The molecule has 1 atom stereocenters. The number of carbonyl (C=O) groups is 1. The van der Waals surface area contributed by atoms with E-state index < -0.39 is 6.04 Å². The second-order valence-corrected chi connectivity index (χ2v) is 5.11. The highest BCUT2D eigenvalue weighted by Crippen LogP contribution is 2.25. The van der Waals surface area contributed by atoms with Crippen molar-refractivity contribution in [3.63, 3.8) is 0 Å². The number of fused-ring (bicyclic) bond motifs is 1. The van der Waals surface area contributed by atoms with Gasteiger partial charge in [-0.3, -0.25) is 4.79 Å². The molecule has 0 radical (unpaired) electrons. The van der Waals surface area contributed by atoms with Crippen LogP contribution in [0.15, 0.2) is 28.9 Å². The predicted molar refractivity (Wildman–Crippen MR) is 73.2 cm³/mol. The Kier molecular flexibility index (Phi) is 3.35. The smallest absolute Gasteiger partial charge is 0.181 e. The van der Waals surface area contributed by atoms with E-state index in [-0.39, 0.29) is 5.78 Å². The van der Waals surface area contributed by atoms with E-state index >= 15 is 0 Å². The van der Waals surface area contributed by atoms with Crippen molar-refractivity contribution in [3.05, 3.63) is 34.4 Å². The van der Waals surface area contributed by atoms with E-state index in [9.17, 15) is 4.79 Å². The number of rotatable bonds is 3. The van der Waals surface area contributed by atoms with Gasteiger partial charge in [-0.1, -0.05) is 22.9 Å². The standard InChI is InChI=1S/C13H15BrN2O/c1-3-11(15)13(17)10-7-16(2)12-5-4-8(14)6-9(10)12/h4-7,11H,3,15H2,1-2H3. The Hall–Kier alpha value is -1.13. The monoisotopic (exact) mass is 294 g/mol. The van der Waals surface area contributed by atoms with Crippen LogP contribution < -0.4 is 5.73 Å². The number of aromatic nitrogens is 1. The first-order valence-corrected chi connectivity index (χ1v) is 6.38. The van der Waals surface area contributed by atoms with Crippen LogP contribution in [0.1, 0.15) is 23.7 Å². The summed E-state index contributed by atoms with van der Waals surface area (Å²) < 4.78 is 2.92. The fraction of sp³-hybridized carbons (Fsp3) is 0.308. The third-order valence-corrected chi connectivity index (χ3v) is 3.49. The van der Waals surface area contributed by atoms with Crippen LogP contribution in [0.2, 0.25) is 0 Å². The van der Waals surface area contributed by atoms with E-state index in [1.54, 1.807) is 0 Å². The van der Waals surface area contributed by atoms with E-state index in [2.05, 4.69) is 15.9 Å². The van der Waals surface area contributed by atoms with Crippen molar-refractivity contribution in [1.29, 1.82) is 0 Å². The molecule has 0 amide bonds. The van der Waals surface area contributed by atoms with Gasteiger partial charge in [-0.25, -0.2) is 0 Å². The highest BCUT2D eigenvalue weighted by molar-refractivity contribution is 9.10. The van der Waals surface area contributed by atoms with Gasteiger partial charge in [0.05, 0.1) is 6.04 Å². The van der Waals surface area contributed by atoms with Gasteiger partial charge in [0.1, 0.15) is 0 Å². The summed E-state index contributed by atoms with van der Waals surface area (Å²) in [5, 5.41) is 0.954. The number of aryl methyl sites for hydroxylation is 1. The van der Waals surface area contributed by atoms with Crippen molar-refractivity contribution in [2.24, 2.45) is 12.8 Å². The number of ketones is 1. The molecule has 1 unspecified atom stereocenters. The Morgan fingerprint density at radius 1 is 1.53 bits per heavy atom. The van der Waals surface area contributed by atoms with Gasteiger partial charge in [-0.2, -0.15) is 0 Å². The topological polar surface area (TPSA) is 48.0 Å². The minimum atomic E-state index is -0.417. The molecule has 90 valence electrons. The number of Topliss-reactive ketones (excluding diaryl/α,β-unsaturated/α-hetero) is 1. The molecule has 3 nitrogen and oxygen atoms in total. The van der Waals surface area contributed by atoms with Gasteiger partial charge in [-0.15, -0.1) is 0 Å². The molecule has 0 aliphatic carbocycles. The first-order valence-electron chi connectivity index (χ1n) is 5.59. The van der Waals surface area contributed by atoms with Crippen LogP contribution in [0.4, 0.5) is 0 Å². The summed E-state index contributed by atoms with van der Waals surface area (Å²) in [6, 6.07) is 5.51. The molecule has 0 aliphatic rings. The molecule has 2 rings (SSSR count). The number of hydrogen-bond donors (Lipinski definition) is 1. The second kappa shape index (κ2) is 4.63. The van der Waals surface area contributed by atoms with Gasteiger partial charge in [0, 0.05) is 34.2 Å². The van der Waals surface area contributed by atoms with Crippen LogP contribution in [0.5, 0.6) is 0 Å². The Bertz CT molecular complexity index is 574. The maximum Gasteiger partial charge on any atom is 0.181 e. The third-order valence-electron chi connectivity index (χ3n) is 2.99. The highest BCUT2D eigenvalue weighted by Gasteiger charge is 2.18. The number of hydrogen-bond acceptors (Lipinski definition) is 2. The van der Waals surface area contributed by atoms with Crippen molar-refractivity contribution in [2.45, 2.75) is 19.4 Å². The molecule has 17 heavy (non-hydrogen) atoms. The van der Waals surface area contributed by atoms with Gasteiger partial charge in [0.25, 0.3) is 0 Å². The van der Waals surface area contributed by atoms with Crippen LogP contribution in [0, 0.1) is 0 Å².